The summed E-state index contributed by atoms with van der Waals surface area (Å²) in [5, 5.41) is 11.8. The number of Topliss-reactive ketones (excluding diaryl/α,β-unsaturated/α-hetero) is 1. The van der Waals surface area contributed by atoms with Crippen molar-refractivity contribution in [3.8, 4) is 5.75 Å². The number of nitrogens with one attached hydrogen (secondary N) is 1. The summed E-state index contributed by atoms with van der Waals surface area (Å²) in [6, 6.07) is 6.50. The van der Waals surface area contributed by atoms with Gasteiger partial charge in [-0.2, -0.15) is 0 Å². The number of carboxylic acids is 1. The van der Waals surface area contributed by atoms with Crippen molar-refractivity contribution in [3.63, 3.8) is 0 Å². The van der Waals surface area contributed by atoms with Gasteiger partial charge >= 0.3 is 5.97 Å². The van der Waals surface area contributed by atoms with Crippen molar-refractivity contribution in [2.75, 3.05) is 0 Å². The minimum atomic E-state index is -1.33. The lowest BCUT2D eigenvalue weighted by Gasteiger charge is -2.27. The van der Waals surface area contributed by atoms with Gasteiger partial charge in [0.15, 0.2) is 11.9 Å². The summed E-state index contributed by atoms with van der Waals surface area (Å²) in [7, 11) is 0. The SMILES string of the molecule is CCCC(C)(NC(=O)C(C)Oc1cccc(C(C)=O)c1)C(=O)O. The zero-order chi connectivity index (χ0) is 17.6. The van der Waals surface area contributed by atoms with E-state index >= 15 is 0 Å². The van der Waals surface area contributed by atoms with E-state index < -0.39 is 23.5 Å². The maximum atomic E-state index is 12.2. The number of carboxylic acid groups (broad SMARTS) is 1. The number of hydrogen-bond acceptors (Lipinski definition) is 4. The van der Waals surface area contributed by atoms with Gasteiger partial charge < -0.3 is 15.2 Å². The molecule has 1 amide bonds. The van der Waals surface area contributed by atoms with Gasteiger partial charge in [-0.3, -0.25) is 9.59 Å². The third-order valence-corrected chi connectivity index (χ3v) is 3.54. The van der Waals surface area contributed by atoms with Crippen LogP contribution in [0, 0.1) is 0 Å². The number of aliphatic carboxylic acids is 1. The molecule has 0 heterocycles. The van der Waals surface area contributed by atoms with Crippen LogP contribution in [0.3, 0.4) is 0 Å². The molecule has 2 atom stereocenters. The van der Waals surface area contributed by atoms with E-state index in [1.54, 1.807) is 24.3 Å². The standard InChI is InChI=1S/C17H23NO5/c1-5-9-17(4,16(21)22)18-15(20)12(3)23-14-8-6-7-13(10-14)11(2)19/h6-8,10,12H,5,9H2,1-4H3,(H,18,20)(H,21,22). The first-order chi connectivity index (χ1) is 10.7. The Morgan fingerprint density at radius 1 is 1.35 bits per heavy atom. The van der Waals surface area contributed by atoms with Crippen LogP contribution in [-0.4, -0.2) is 34.4 Å². The van der Waals surface area contributed by atoms with E-state index in [0.717, 1.165) is 0 Å². The fourth-order valence-corrected chi connectivity index (χ4v) is 2.14. The van der Waals surface area contributed by atoms with Crippen molar-refractivity contribution >= 4 is 17.7 Å². The van der Waals surface area contributed by atoms with Gasteiger partial charge in [-0.1, -0.05) is 25.5 Å². The van der Waals surface area contributed by atoms with Crippen LogP contribution in [0.1, 0.15) is 50.9 Å². The Balaban J connectivity index is 2.79. The molecule has 126 valence electrons. The van der Waals surface area contributed by atoms with Crippen molar-refractivity contribution in [1.82, 2.24) is 5.32 Å². The van der Waals surface area contributed by atoms with Gasteiger partial charge in [0, 0.05) is 5.56 Å². The minimum absolute atomic E-state index is 0.103. The lowest BCUT2D eigenvalue weighted by atomic mass is 9.96. The second kappa shape index (κ2) is 7.76. The van der Waals surface area contributed by atoms with Gasteiger partial charge in [0.1, 0.15) is 11.3 Å². The Hall–Kier alpha value is -2.37. The van der Waals surface area contributed by atoms with Crippen LogP contribution >= 0.6 is 0 Å². The lowest BCUT2D eigenvalue weighted by molar-refractivity contribution is -0.148. The van der Waals surface area contributed by atoms with Crippen LogP contribution in [0.15, 0.2) is 24.3 Å². The van der Waals surface area contributed by atoms with E-state index in [0.29, 0.717) is 24.2 Å². The molecule has 0 saturated carbocycles. The number of carbonyl (C=O) groups excluding carboxylic acids is 2. The second-order valence-corrected chi connectivity index (χ2v) is 5.72. The monoisotopic (exact) mass is 321 g/mol. The molecule has 0 aliphatic heterocycles. The molecule has 2 N–H and O–H groups in total. The molecule has 6 nitrogen and oxygen atoms in total. The van der Waals surface area contributed by atoms with E-state index in [9.17, 15) is 19.5 Å². The Morgan fingerprint density at radius 2 is 2.00 bits per heavy atom. The minimum Gasteiger partial charge on any atom is -0.481 e. The van der Waals surface area contributed by atoms with Crippen molar-refractivity contribution in [2.24, 2.45) is 0 Å². The molecular weight excluding hydrogens is 298 g/mol. The molecule has 0 saturated heterocycles. The van der Waals surface area contributed by atoms with Crippen LogP contribution < -0.4 is 10.1 Å². The first-order valence-corrected chi connectivity index (χ1v) is 7.52. The number of benzene rings is 1. The van der Waals surface area contributed by atoms with Crippen molar-refractivity contribution in [2.45, 2.75) is 52.2 Å². The summed E-state index contributed by atoms with van der Waals surface area (Å²) in [6.45, 7) is 6.29. The topological polar surface area (TPSA) is 92.7 Å². The molecule has 2 unspecified atom stereocenters. The number of ketones is 1. The van der Waals surface area contributed by atoms with Gasteiger partial charge in [0.25, 0.3) is 5.91 Å². The van der Waals surface area contributed by atoms with Crippen LogP contribution in [0.25, 0.3) is 0 Å². The molecule has 0 aromatic heterocycles. The van der Waals surface area contributed by atoms with Gasteiger partial charge in [-0.05, 0) is 39.3 Å². The Morgan fingerprint density at radius 3 is 2.52 bits per heavy atom. The lowest BCUT2D eigenvalue weighted by Crippen LogP contribution is -2.55. The molecule has 0 spiro atoms. The zero-order valence-electron chi connectivity index (χ0n) is 13.9. The molecule has 0 fully saturated rings. The molecule has 6 heteroatoms. The molecule has 1 rings (SSSR count). The molecular formula is C17H23NO5. The second-order valence-electron chi connectivity index (χ2n) is 5.72. The Labute approximate surface area is 135 Å². The number of rotatable bonds is 8. The Bertz CT molecular complexity index is 598. The van der Waals surface area contributed by atoms with Gasteiger partial charge in [-0.25, -0.2) is 4.79 Å². The van der Waals surface area contributed by atoms with Crippen LogP contribution in [0.2, 0.25) is 0 Å². The van der Waals surface area contributed by atoms with E-state index in [-0.39, 0.29) is 5.78 Å². The zero-order valence-corrected chi connectivity index (χ0v) is 13.9. The number of amides is 1. The first-order valence-electron chi connectivity index (χ1n) is 7.52. The largest absolute Gasteiger partial charge is 0.481 e. The van der Waals surface area contributed by atoms with Crippen molar-refractivity contribution < 1.29 is 24.2 Å². The fourth-order valence-electron chi connectivity index (χ4n) is 2.14. The molecule has 0 aliphatic rings. The number of carbonyl (C=O) groups is 3. The quantitative estimate of drug-likeness (QED) is 0.717. The highest BCUT2D eigenvalue weighted by molar-refractivity contribution is 5.94. The Kier molecular flexibility index (Phi) is 6.30. The van der Waals surface area contributed by atoms with E-state index in [1.807, 2.05) is 6.92 Å². The molecule has 1 aromatic carbocycles. The molecule has 23 heavy (non-hydrogen) atoms. The fraction of sp³-hybridized carbons (Fsp3) is 0.471. The molecule has 0 radical (unpaired) electrons. The third-order valence-electron chi connectivity index (χ3n) is 3.54. The van der Waals surface area contributed by atoms with Crippen LogP contribution in [0.4, 0.5) is 0 Å². The molecule has 0 aliphatic carbocycles. The van der Waals surface area contributed by atoms with Crippen LogP contribution in [-0.2, 0) is 9.59 Å². The summed E-state index contributed by atoms with van der Waals surface area (Å²) >= 11 is 0. The van der Waals surface area contributed by atoms with Crippen molar-refractivity contribution in [3.05, 3.63) is 29.8 Å². The highest BCUT2D eigenvalue weighted by atomic mass is 16.5. The summed E-state index contributed by atoms with van der Waals surface area (Å²) in [4.78, 5) is 34.9. The predicted octanol–water partition coefficient (Wildman–Crippen LogP) is 2.42. The molecule has 0 bridgehead atoms. The van der Waals surface area contributed by atoms with E-state index in [4.69, 9.17) is 4.74 Å². The summed E-state index contributed by atoms with van der Waals surface area (Å²) < 4.78 is 5.51. The summed E-state index contributed by atoms with van der Waals surface area (Å²) in [5.74, 6) is -1.32. The van der Waals surface area contributed by atoms with E-state index in [1.165, 1.54) is 20.8 Å². The summed E-state index contributed by atoms with van der Waals surface area (Å²) in [5.41, 5.74) is -0.846. The maximum absolute atomic E-state index is 12.2. The first kappa shape index (κ1) is 18.7. The number of hydrogen-bond donors (Lipinski definition) is 2. The highest BCUT2D eigenvalue weighted by Crippen LogP contribution is 2.17. The predicted molar refractivity (Wildman–Crippen MR) is 85.6 cm³/mol. The third kappa shape index (κ3) is 5.09. The van der Waals surface area contributed by atoms with Crippen LogP contribution in [0.5, 0.6) is 5.75 Å². The average molecular weight is 321 g/mol. The van der Waals surface area contributed by atoms with Gasteiger partial charge in [0.2, 0.25) is 0 Å². The average Bonchev–Trinajstić information content (AvgIpc) is 2.47. The smallest absolute Gasteiger partial charge is 0.329 e. The summed E-state index contributed by atoms with van der Waals surface area (Å²) in [6.07, 6.45) is 0.0623. The maximum Gasteiger partial charge on any atom is 0.329 e. The molecule has 1 aromatic rings. The van der Waals surface area contributed by atoms with Crippen molar-refractivity contribution in [1.29, 1.82) is 0 Å². The highest BCUT2D eigenvalue weighted by Gasteiger charge is 2.35. The normalized spacial score (nSPS) is 14.4. The van der Waals surface area contributed by atoms with Gasteiger partial charge in [-0.15, -0.1) is 0 Å². The van der Waals surface area contributed by atoms with Gasteiger partial charge in [0.05, 0.1) is 0 Å². The number of ether oxygens (including phenoxy) is 1. The van der Waals surface area contributed by atoms with E-state index in [2.05, 4.69) is 5.32 Å².